The Labute approximate surface area is 244 Å². The van der Waals surface area contributed by atoms with Crippen LogP contribution in [0.15, 0.2) is 30.3 Å². The number of aliphatic hydroxyl groups excluding tert-OH is 3. The minimum absolute atomic E-state index is 0.0333. The molecule has 1 aromatic carbocycles. The molecule has 0 saturated carbocycles. The van der Waals surface area contributed by atoms with E-state index < -0.39 is 48.8 Å². The second kappa shape index (κ2) is 19.0. The molecule has 42 heavy (non-hydrogen) atoms. The average molecular weight is 598 g/mol. The van der Waals surface area contributed by atoms with E-state index in [0.29, 0.717) is 32.2 Å². The molecule has 1 aromatic rings. The normalized spacial score (nSPS) is 22.5. The van der Waals surface area contributed by atoms with Gasteiger partial charge in [0.2, 0.25) is 11.8 Å². The lowest BCUT2D eigenvalue weighted by Gasteiger charge is -2.38. The van der Waals surface area contributed by atoms with E-state index in [2.05, 4.69) is 16.0 Å². The second-order valence-corrected chi connectivity index (χ2v) is 10.1. The molecule has 7 N–H and O–H groups in total. The molecule has 0 aromatic heterocycles. The highest BCUT2D eigenvalue weighted by Gasteiger charge is 2.42. The molecule has 1 heterocycles. The van der Waals surface area contributed by atoms with Crippen molar-refractivity contribution in [3.8, 4) is 0 Å². The van der Waals surface area contributed by atoms with Gasteiger partial charge in [0, 0.05) is 25.9 Å². The Morgan fingerprint density at radius 2 is 1.52 bits per heavy atom. The number of aliphatic hydroxyl groups is 3. The van der Waals surface area contributed by atoms with Crippen LogP contribution in [0, 0.1) is 0 Å². The van der Waals surface area contributed by atoms with E-state index in [1.807, 2.05) is 6.07 Å². The van der Waals surface area contributed by atoms with Gasteiger partial charge in [-0.05, 0) is 44.6 Å². The van der Waals surface area contributed by atoms with E-state index in [1.54, 1.807) is 31.2 Å². The molecule has 0 spiro atoms. The van der Waals surface area contributed by atoms with Gasteiger partial charge in [-0.15, -0.1) is 0 Å². The summed E-state index contributed by atoms with van der Waals surface area (Å²) in [4.78, 5) is 47.4. The maximum Gasteiger partial charge on any atom is 0.408 e. The molecule has 6 atom stereocenters. The van der Waals surface area contributed by atoms with E-state index >= 15 is 0 Å². The van der Waals surface area contributed by atoms with Gasteiger partial charge in [-0.25, -0.2) is 9.59 Å². The number of carboxylic acid groups (broad SMARTS) is 1. The third-order valence-electron chi connectivity index (χ3n) is 6.62. The number of benzene rings is 1. The highest BCUT2D eigenvalue weighted by Crippen LogP contribution is 2.21. The molecule has 1 saturated heterocycles. The fourth-order valence-corrected chi connectivity index (χ4v) is 4.13. The molecule has 0 radical (unpaired) electrons. The van der Waals surface area contributed by atoms with E-state index in [9.17, 15) is 39.6 Å². The molecule has 1 aliphatic heterocycles. The van der Waals surface area contributed by atoms with Gasteiger partial charge >= 0.3 is 12.1 Å². The SMILES string of the molecule is C[C@@H]1O[C@@H](OCCNC(=O)CCCCC(=O)NCCCC[C@H](NC(=O)OCc2ccccc2)C(=O)O)[C@@H](O)[C@H](O)[C@@H]1O. The first-order valence-electron chi connectivity index (χ1n) is 14.1. The van der Waals surface area contributed by atoms with Gasteiger partial charge in [0.05, 0.1) is 12.7 Å². The average Bonchev–Trinajstić information content (AvgIpc) is 2.97. The van der Waals surface area contributed by atoms with E-state index in [4.69, 9.17) is 14.2 Å². The summed E-state index contributed by atoms with van der Waals surface area (Å²) >= 11 is 0. The monoisotopic (exact) mass is 597 g/mol. The molecule has 0 unspecified atom stereocenters. The van der Waals surface area contributed by atoms with Crippen LogP contribution in [0.1, 0.15) is 57.4 Å². The number of carboxylic acids is 1. The summed E-state index contributed by atoms with van der Waals surface area (Å²) in [5.41, 5.74) is 0.785. The number of carbonyl (C=O) groups excluding carboxylic acids is 3. The molecule has 1 fully saturated rings. The molecule has 236 valence electrons. The Kier molecular flexibility index (Phi) is 15.8. The van der Waals surface area contributed by atoms with Gasteiger partial charge in [-0.3, -0.25) is 9.59 Å². The smallest absolute Gasteiger partial charge is 0.408 e. The summed E-state index contributed by atoms with van der Waals surface area (Å²) in [7, 11) is 0. The first-order chi connectivity index (χ1) is 20.1. The zero-order valence-corrected chi connectivity index (χ0v) is 23.8. The lowest BCUT2D eigenvalue weighted by atomic mass is 10.0. The van der Waals surface area contributed by atoms with Gasteiger partial charge < -0.3 is 50.6 Å². The number of hydrogen-bond donors (Lipinski definition) is 7. The molecule has 0 aliphatic carbocycles. The van der Waals surface area contributed by atoms with Crippen LogP contribution in [0.2, 0.25) is 0 Å². The summed E-state index contributed by atoms with van der Waals surface area (Å²) in [5.74, 6) is -1.56. The van der Waals surface area contributed by atoms with Gasteiger partial charge in [-0.1, -0.05) is 30.3 Å². The quantitative estimate of drug-likeness (QED) is 0.113. The third kappa shape index (κ3) is 13.1. The molecule has 14 nitrogen and oxygen atoms in total. The van der Waals surface area contributed by atoms with Crippen molar-refractivity contribution in [2.75, 3.05) is 19.7 Å². The van der Waals surface area contributed by atoms with Crippen LogP contribution < -0.4 is 16.0 Å². The van der Waals surface area contributed by atoms with Crippen LogP contribution in [0.25, 0.3) is 0 Å². The van der Waals surface area contributed by atoms with E-state index in [0.717, 1.165) is 5.56 Å². The minimum atomic E-state index is -1.40. The maximum absolute atomic E-state index is 12.0. The number of nitrogens with one attached hydrogen (secondary N) is 3. The summed E-state index contributed by atoms with van der Waals surface area (Å²) in [6.45, 7) is 2.13. The van der Waals surface area contributed by atoms with Crippen molar-refractivity contribution >= 4 is 23.9 Å². The zero-order valence-electron chi connectivity index (χ0n) is 23.8. The van der Waals surface area contributed by atoms with Crippen LogP contribution >= 0.6 is 0 Å². The first-order valence-corrected chi connectivity index (χ1v) is 14.1. The largest absolute Gasteiger partial charge is 0.480 e. The molecule has 14 heteroatoms. The molecular weight excluding hydrogens is 554 g/mol. The third-order valence-corrected chi connectivity index (χ3v) is 6.62. The van der Waals surface area contributed by atoms with Crippen LogP contribution in [0.4, 0.5) is 4.79 Å². The molecular formula is C28H43N3O11. The summed E-state index contributed by atoms with van der Waals surface area (Å²) in [6, 6.07) is 7.92. The van der Waals surface area contributed by atoms with Gasteiger partial charge in [0.25, 0.3) is 0 Å². The molecule has 1 aliphatic rings. The van der Waals surface area contributed by atoms with Crippen molar-refractivity contribution in [1.82, 2.24) is 16.0 Å². The van der Waals surface area contributed by atoms with Crippen molar-refractivity contribution in [2.24, 2.45) is 0 Å². The molecule has 3 amide bonds. The lowest BCUT2D eigenvalue weighted by Crippen LogP contribution is -2.57. The van der Waals surface area contributed by atoms with Crippen molar-refractivity contribution in [1.29, 1.82) is 0 Å². The Bertz CT molecular complexity index is 981. The van der Waals surface area contributed by atoms with Gasteiger partial charge in [0.1, 0.15) is 31.0 Å². The fourth-order valence-electron chi connectivity index (χ4n) is 4.13. The van der Waals surface area contributed by atoms with E-state index in [1.165, 1.54) is 0 Å². The van der Waals surface area contributed by atoms with E-state index in [-0.39, 0.29) is 50.8 Å². The number of carbonyl (C=O) groups is 4. The number of alkyl carbamates (subject to hydrolysis) is 1. The Morgan fingerprint density at radius 3 is 2.17 bits per heavy atom. The number of unbranched alkanes of at least 4 members (excludes halogenated alkanes) is 2. The number of ether oxygens (including phenoxy) is 3. The molecule has 0 bridgehead atoms. The van der Waals surface area contributed by atoms with Crippen LogP contribution in [0.5, 0.6) is 0 Å². The van der Waals surface area contributed by atoms with Crippen LogP contribution in [-0.2, 0) is 35.2 Å². The lowest BCUT2D eigenvalue weighted by molar-refractivity contribution is -0.292. The summed E-state index contributed by atoms with van der Waals surface area (Å²) in [6.07, 6.45) is -4.00. The Morgan fingerprint density at radius 1 is 0.881 bits per heavy atom. The fraction of sp³-hybridized carbons (Fsp3) is 0.643. The van der Waals surface area contributed by atoms with Crippen LogP contribution in [-0.4, -0.2) is 101 Å². The zero-order chi connectivity index (χ0) is 30.9. The summed E-state index contributed by atoms with van der Waals surface area (Å²) < 4.78 is 15.7. The minimum Gasteiger partial charge on any atom is -0.480 e. The second-order valence-electron chi connectivity index (χ2n) is 10.1. The topological polar surface area (TPSA) is 213 Å². The standard InChI is InChI=1S/C28H43N3O11/c1-18-23(34)24(35)25(36)27(42-18)40-16-15-30-22(33)13-6-5-12-21(32)29-14-8-7-11-20(26(37)38)31-28(39)41-17-19-9-3-2-4-10-19/h2-4,9-10,18,20,23-25,27,34-36H,5-8,11-17H2,1H3,(H,29,32)(H,30,33)(H,31,39)(H,37,38)/t18-,20-,23+,24+,25-,27+/m0/s1. The van der Waals surface area contributed by atoms with Gasteiger partial charge in [-0.2, -0.15) is 0 Å². The predicted octanol–water partition coefficient (Wildman–Crippen LogP) is 0.173. The van der Waals surface area contributed by atoms with Crippen molar-refractivity contribution in [3.05, 3.63) is 35.9 Å². The van der Waals surface area contributed by atoms with Crippen molar-refractivity contribution in [2.45, 2.75) is 95.2 Å². The Balaban J connectivity index is 1.47. The number of hydrogen-bond acceptors (Lipinski definition) is 10. The number of aliphatic carboxylic acids is 1. The maximum atomic E-state index is 12.0. The number of amides is 3. The highest BCUT2D eigenvalue weighted by atomic mass is 16.7. The number of rotatable bonds is 18. The highest BCUT2D eigenvalue weighted by molar-refractivity contribution is 5.80. The summed E-state index contributed by atoms with van der Waals surface area (Å²) in [5, 5.41) is 46.5. The first kappa shape index (κ1) is 34.9. The van der Waals surface area contributed by atoms with Crippen LogP contribution in [0.3, 0.4) is 0 Å². The molecule has 2 rings (SSSR count). The van der Waals surface area contributed by atoms with Crippen molar-refractivity contribution < 1.29 is 53.8 Å². The van der Waals surface area contributed by atoms with Gasteiger partial charge in [0.15, 0.2) is 6.29 Å². The Hall–Kier alpha value is -3.30. The van der Waals surface area contributed by atoms with Crippen molar-refractivity contribution in [3.63, 3.8) is 0 Å². The predicted molar refractivity (Wildman–Crippen MR) is 148 cm³/mol.